The van der Waals surface area contributed by atoms with E-state index in [9.17, 15) is 4.79 Å². The monoisotopic (exact) mass is 487 g/mol. The van der Waals surface area contributed by atoms with Crippen LogP contribution in [0.3, 0.4) is 0 Å². The molecule has 0 spiro atoms. The van der Waals surface area contributed by atoms with Crippen LogP contribution >= 0.6 is 11.3 Å². The van der Waals surface area contributed by atoms with Crippen LogP contribution in [0.4, 0.5) is 16.2 Å². The Bertz CT molecular complexity index is 1400. The third-order valence-corrected chi connectivity index (χ3v) is 7.85. The SMILES string of the molecule is CCN1CCN(C(=O)N2CC=C(c3cc4c(Nc5ccc6ncsc6c5)ccnc4[nH]3)CC2)CC1. The fourth-order valence-electron chi connectivity index (χ4n) is 4.94. The van der Waals surface area contributed by atoms with Crippen molar-refractivity contribution in [3.8, 4) is 0 Å². The van der Waals surface area contributed by atoms with E-state index in [0.29, 0.717) is 6.54 Å². The van der Waals surface area contributed by atoms with Crippen LogP contribution in [0.5, 0.6) is 0 Å². The minimum atomic E-state index is 0.166. The summed E-state index contributed by atoms with van der Waals surface area (Å²) in [5.74, 6) is 0. The highest BCUT2D eigenvalue weighted by atomic mass is 32.1. The number of piperazine rings is 1. The lowest BCUT2D eigenvalue weighted by atomic mass is 10.0. The highest BCUT2D eigenvalue weighted by Gasteiger charge is 2.26. The number of hydrogen-bond acceptors (Lipinski definition) is 6. The van der Waals surface area contributed by atoms with Crippen molar-refractivity contribution in [2.75, 3.05) is 51.1 Å². The Morgan fingerprint density at radius 1 is 1.09 bits per heavy atom. The van der Waals surface area contributed by atoms with Crippen molar-refractivity contribution in [3.63, 3.8) is 0 Å². The van der Waals surface area contributed by atoms with Crippen molar-refractivity contribution in [3.05, 3.63) is 53.8 Å². The Balaban J connectivity index is 1.17. The number of benzene rings is 1. The predicted octanol–water partition coefficient (Wildman–Crippen LogP) is 4.76. The Morgan fingerprint density at radius 2 is 1.97 bits per heavy atom. The molecular formula is C26H29N7OS. The molecule has 0 saturated carbocycles. The summed E-state index contributed by atoms with van der Waals surface area (Å²) in [6, 6.07) is 10.6. The molecule has 35 heavy (non-hydrogen) atoms. The molecule has 1 aromatic carbocycles. The number of H-pyrrole nitrogens is 1. The van der Waals surface area contributed by atoms with E-state index in [1.165, 1.54) is 5.57 Å². The maximum atomic E-state index is 13.0. The van der Waals surface area contributed by atoms with Gasteiger partial charge in [-0.15, -0.1) is 11.3 Å². The summed E-state index contributed by atoms with van der Waals surface area (Å²) in [6.45, 7) is 8.18. The van der Waals surface area contributed by atoms with Gasteiger partial charge >= 0.3 is 6.03 Å². The van der Waals surface area contributed by atoms with E-state index >= 15 is 0 Å². The van der Waals surface area contributed by atoms with E-state index in [0.717, 1.165) is 84.0 Å². The number of anilines is 2. The van der Waals surface area contributed by atoms with Gasteiger partial charge in [0.2, 0.25) is 0 Å². The second-order valence-corrected chi connectivity index (χ2v) is 9.98. The first kappa shape index (κ1) is 22.1. The van der Waals surface area contributed by atoms with Gasteiger partial charge in [0.15, 0.2) is 0 Å². The molecule has 3 aromatic heterocycles. The number of rotatable bonds is 4. The number of aromatic amines is 1. The van der Waals surface area contributed by atoms with Gasteiger partial charge < -0.3 is 25.0 Å². The lowest BCUT2D eigenvalue weighted by Crippen LogP contribution is -2.53. The quantitative estimate of drug-likeness (QED) is 0.434. The molecule has 0 bridgehead atoms. The number of hydrogen-bond donors (Lipinski definition) is 2. The van der Waals surface area contributed by atoms with Crippen molar-refractivity contribution < 1.29 is 4.79 Å². The molecule has 2 aliphatic heterocycles. The second kappa shape index (κ2) is 9.31. The summed E-state index contributed by atoms with van der Waals surface area (Å²) in [5.41, 5.74) is 8.10. The fourth-order valence-corrected chi connectivity index (χ4v) is 5.66. The van der Waals surface area contributed by atoms with Crippen LogP contribution in [0.15, 0.2) is 48.1 Å². The first-order valence-electron chi connectivity index (χ1n) is 12.2. The third kappa shape index (κ3) is 4.37. The number of likely N-dealkylation sites (N-methyl/N-ethyl adjacent to an activating group) is 1. The van der Waals surface area contributed by atoms with Crippen LogP contribution < -0.4 is 5.32 Å². The normalized spacial score (nSPS) is 17.2. The predicted molar refractivity (Wildman–Crippen MR) is 142 cm³/mol. The highest BCUT2D eigenvalue weighted by Crippen LogP contribution is 2.31. The van der Waals surface area contributed by atoms with E-state index in [2.05, 4.69) is 56.4 Å². The Hall–Kier alpha value is -3.43. The summed E-state index contributed by atoms with van der Waals surface area (Å²) in [6.07, 6.45) is 4.83. The van der Waals surface area contributed by atoms with Crippen molar-refractivity contribution >= 4 is 55.6 Å². The molecular weight excluding hydrogens is 458 g/mol. The molecule has 9 heteroatoms. The zero-order chi connectivity index (χ0) is 23.8. The average Bonchev–Trinajstić information content (AvgIpc) is 3.56. The summed E-state index contributed by atoms with van der Waals surface area (Å²) in [5, 5.41) is 4.60. The minimum absolute atomic E-state index is 0.166. The van der Waals surface area contributed by atoms with Gasteiger partial charge in [0, 0.05) is 62.2 Å². The number of nitrogens with one attached hydrogen (secondary N) is 2. The molecule has 8 nitrogen and oxygen atoms in total. The van der Waals surface area contributed by atoms with Crippen molar-refractivity contribution in [2.45, 2.75) is 13.3 Å². The number of aromatic nitrogens is 3. The van der Waals surface area contributed by atoms with Gasteiger partial charge in [-0.1, -0.05) is 13.0 Å². The number of thiazole rings is 1. The number of nitrogens with zero attached hydrogens (tertiary/aromatic N) is 5. The van der Waals surface area contributed by atoms with Crippen LogP contribution in [-0.2, 0) is 0 Å². The van der Waals surface area contributed by atoms with E-state index in [4.69, 9.17) is 0 Å². The first-order chi connectivity index (χ1) is 17.2. The van der Waals surface area contributed by atoms with Gasteiger partial charge in [-0.05, 0) is 48.9 Å². The second-order valence-electron chi connectivity index (χ2n) is 9.09. The van der Waals surface area contributed by atoms with E-state index in [1.807, 2.05) is 33.6 Å². The zero-order valence-electron chi connectivity index (χ0n) is 19.8. The molecule has 2 amide bonds. The average molecular weight is 488 g/mol. The molecule has 0 radical (unpaired) electrons. The maximum Gasteiger partial charge on any atom is 0.320 e. The summed E-state index contributed by atoms with van der Waals surface area (Å²) in [4.78, 5) is 31.8. The summed E-state index contributed by atoms with van der Waals surface area (Å²) >= 11 is 1.64. The van der Waals surface area contributed by atoms with Crippen LogP contribution in [0, 0.1) is 0 Å². The van der Waals surface area contributed by atoms with Gasteiger partial charge in [-0.2, -0.15) is 0 Å². The van der Waals surface area contributed by atoms with Crippen LogP contribution in [0.2, 0.25) is 0 Å². The summed E-state index contributed by atoms with van der Waals surface area (Å²) < 4.78 is 1.16. The fraction of sp³-hybridized carbons (Fsp3) is 0.346. The zero-order valence-corrected chi connectivity index (χ0v) is 20.6. The smallest absolute Gasteiger partial charge is 0.320 e. The van der Waals surface area contributed by atoms with Crippen molar-refractivity contribution in [2.24, 2.45) is 0 Å². The molecule has 5 heterocycles. The van der Waals surface area contributed by atoms with Gasteiger partial charge in [-0.3, -0.25) is 0 Å². The van der Waals surface area contributed by atoms with Gasteiger partial charge in [0.1, 0.15) is 5.65 Å². The lowest BCUT2D eigenvalue weighted by Gasteiger charge is -2.38. The number of urea groups is 1. The van der Waals surface area contributed by atoms with Crippen LogP contribution in [0.25, 0.3) is 26.8 Å². The third-order valence-electron chi connectivity index (χ3n) is 7.06. The lowest BCUT2D eigenvalue weighted by molar-refractivity contribution is 0.117. The first-order valence-corrected chi connectivity index (χ1v) is 13.1. The highest BCUT2D eigenvalue weighted by molar-refractivity contribution is 7.16. The summed E-state index contributed by atoms with van der Waals surface area (Å²) in [7, 11) is 0. The Labute approximate surface area is 208 Å². The molecule has 0 aliphatic carbocycles. The largest absolute Gasteiger partial charge is 0.355 e. The van der Waals surface area contributed by atoms with Crippen LogP contribution in [-0.4, -0.2) is 81.5 Å². The van der Waals surface area contributed by atoms with E-state index in [-0.39, 0.29) is 6.03 Å². The number of fused-ring (bicyclic) bond motifs is 2. The molecule has 4 aromatic rings. The molecule has 1 fully saturated rings. The number of pyridine rings is 1. The van der Waals surface area contributed by atoms with Crippen molar-refractivity contribution in [1.29, 1.82) is 0 Å². The molecule has 1 saturated heterocycles. The Morgan fingerprint density at radius 3 is 2.77 bits per heavy atom. The molecule has 2 N–H and O–H groups in total. The molecule has 6 rings (SSSR count). The molecule has 0 atom stereocenters. The molecule has 180 valence electrons. The number of carbonyl (C=O) groups is 1. The molecule has 2 aliphatic rings. The van der Waals surface area contributed by atoms with E-state index < -0.39 is 0 Å². The van der Waals surface area contributed by atoms with Gasteiger partial charge in [0.25, 0.3) is 0 Å². The van der Waals surface area contributed by atoms with Crippen LogP contribution in [0.1, 0.15) is 19.0 Å². The topological polar surface area (TPSA) is 80.4 Å². The number of amides is 2. The minimum Gasteiger partial charge on any atom is -0.355 e. The molecule has 0 unspecified atom stereocenters. The van der Waals surface area contributed by atoms with Crippen molar-refractivity contribution in [1.82, 2.24) is 29.7 Å². The van der Waals surface area contributed by atoms with E-state index in [1.54, 1.807) is 11.3 Å². The van der Waals surface area contributed by atoms with Gasteiger partial charge in [0.05, 0.1) is 21.4 Å². The Kier molecular flexibility index (Phi) is 5.87. The number of carbonyl (C=O) groups excluding carboxylic acids is 1. The maximum absolute atomic E-state index is 13.0. The standard InChI is InChI=1S/C26H29N7OS/c1-2-31-11-13-33(14-12-31)26(34)32-9-6-18(7-10-32)23-16-20-21(5-8-27-25(20)30-23)29-19-3-4-22-24(15-19)35-17-28-22/h3-6,8,15-17H,2,7,9-14H2,1H3,(H2,27,29,30). The van der Waals surface area contributed by atoms with Gasteiger partial charge in [-0.25, -0.2) is 14.8 Å².